The van der Waals surface area contributed by atoms with Crippen LogP contribution in [-0.4, -0.2) is 5.97 Å². The number of para-hydroxylation sites is 2. The maximum Gasteiger partial charge on any atom is 0.365 e. The Morgan fingerprint density at radius 2 is 1.50 bits per heavy atom. The fourth-order valence-electron chi connectivity index (χ4n) is 3.07. The van der Waals surface area contributed by atoms with Gasteiger partial charge in [0, 0.05) is 5.56 Å². The van der Waals surface area contributed by atoms with E-state index < -0.39 is 11.6 Å². The molecular weight excluding hydrogens is 300 g/mol. The molecule has 0 fully saturated rings. The first-order valence-corrected chi connectivity index (χ1v) is 7.84. The standard InChI is InChI=1S/C21H16O3/c1-15-9-5-7-13-18(15)24-21(16-10-3-2-4-11-16)17-12-6-8-14-19(17)23-20(21)22/h2-14H,1H3. The highest BCUT2D eigenvalue weighted by atomic mass is 16.6. The van der Waals surface area contributed by atoms with Crippen LogP contribution in [0.25, 0.3) is 0 Å². The summed E-state index contributed by atoms with van der Waals surface area (Å²) in [6, 6.07) is 24.6. The third-order valence-electron chi connectivity index (χ3n) is 4.29. The Morgan fingerprint density at radius 1 is 0.833 bits per heavy atom. The Kier molecular flexibility index (Phi) is 3.35. The van der Waals surface area contributed by atoms with Gasteiger partial charge in [-0.25, -0.2) is 4.79 Å². The molecule has 3 aromatic rings. The molecule has 0 N–H and O–H groups in total. The van der Waals surface area contributed by atoms with E-state index in [4.69, 9.17) is 9.47 Å². The average Bonchev–Trinajstić information content (AvgIpc) is 2.90. The summed E-state index contributed by atoms with van der Waals surface area (Å²) in [6.45, 7) is 1.96. The minimum Gasteiger partial charge on any atom is -0.465 e. The number of hydrogen-bond donors (Lipinski definition) is 0. The molecule has 1 heterocycles. The molecule has 0 amide bonds. The summed E-state index contributed by atoms with van der Waals surface area (Å²) in [6.07, 6.45) is 0. The highest BCUT2D eigenvalue weighted by Crippen LogP contribution is 2.45. The van der Waals surface area contributed by atoms with Crippen molar-refractivity contribution in [3.63, 3.8) is 0 Å². The van der Waals surface area contributed by atoms with E-state index in [1.165, 1.54) is 0 Å². The first kappa shape index (κ1) is 14.5. The molecule has 3 aromatic carbocycles. The van der Waals surface area contributed by atoms with E-state index in [0.29, 0.717) is 11.5 Å². The zero-order chi connectivity index (χ0) is 16.6. The number of hydrogen-bond acceptors (Lipinski definition) is 3. The zero-order valence-electron chi connectivity index (χ0n) is 13.2. The zero-order valence-corrected chi connectivity index (χ0v) is 13.2. The smallest absolute Gasteiger partial charge is 0.365 e. The van der Waals surface area contributed by atoms with E-state index in [2.05, 4.69) is 0 Å². The van der Waals surface area contributed by atoms with Crippen molar-refractivity contribution >= 4 is 5.97 Å². The molecule has 0 spiro atoms. The van der Waals surface area contributed by atoms with Crippen molar-refractivity contribution in [2.45, 2.75) is 12.5 Å². The van der Waals surface area contributed by atoms with Crippen molar-refractivity contribution in [2.75, 3.05) is 0 Å². The van der Waals surface area contributed by atoms with E-state index >= 15 is 0 Å². The Bertz CT molecular complexity index is 902. The molecule has 0 aromatic heterocycles. The number of carbonyl (C=O) groups is 1. The molecule has 0 bridgehead atoms. The lowest BCUT2D eigenvalue weighted by Crippen LogP contribution is -2.41. The van der Waals surface area contributed by atoms with Gasteiger partial charge in [0.15, 0.2) is 0 Å². The Morgan fingerprint density at radius 3 is 2.29 bits per heavy atom. The highest BCUT2D eigenvalue weighted by Gasteiger charge is 2.53. The third-order valence-corrected chi connectivity index (χ3v) is 4.29. The first-order chi connectivity index (χ1) is 11.7. The van der Waals surface area contributed by atoms with Crippen LogP contribution in [0.2, 0.25) is 0 Å². The number of ether oxygens (including phenoxy) is 2. The summed E-state index contributed by atoms with van der Waals surface area (Å²) in [5.41, 5.74) is 1.15. The fraction of sp³-hybridized carbons (Fsp3) is 0.0952. The number of carbonyl (C=O) groups excluding carboxylic acids is 1. The first-order valence-electron chi connectivity index (χ1n) is 7.84. The van der Waals surface area contributed by atoms with Crippen molar-refractivity contribution < 1.29 is 14.3 Å². The molecule has 0 radical (unpaired) electrons. The lowest BCUT2D eigenvalue weighted by atomic mass is 9.87. The maximum atomic E-state index is 12.9. The Balaban J connectivity index is 1.95. The van der Waals surface area contributed by atoms with Crippen molar-refractivity contribution in [2.24, 2.45) is 0 Å². The number of esters is 1. The van der Waals surface area contributed by atoms with Gasteiger partial charge in [-0.3, -0.25) is 0 Å². The van der Waals surface area contributed by atoms with Crippen LogP contribution in [0.1, 0.15) is 16.7 Å². The molecule has 1 aliphatic heterocycles. The SMILES string of the molecule is Cc1ccccc1OC1(c2ccccc2)C(=O)Oc2ccccc21. The summed E-state index contributed by atoms with van der Waals surface area (Å²) < 4.78 is 11.9. The normalized spacial score (nSPS) is 18.8. The van der Waals surface area contributed by atoms with E-state index in [-0.39, 0.29) is 0 Å². The molecule has 0 saturated heterocycles. The van der Waals surface area contributed by atoms with Crippen LogP contribution in [0, 0.1) is 6.92 Å². The van der Waals surface area contributed by atoms with Gasteiger partial charge in [-0.15, -0.1) is 0 Å². The summed E-state index contributed by atoms with van der Waals surface area (Å²) in [5.74, 6) is 0.785. The molecule has 4 rings (SSSR count). The Labute approximate surface area is 140 Å². The second-order valence-electron chi connectivity index (χ2n) is 5.80. The fourth-order valence-corrected chi connectivity index (χ4v) is 3.07. The largest absolute Gasteiger partial charge is 0.465 e. The third kappa shape index (κ3) is 2.09. The van der Waals surface area contributed by atoms with Crippen LogP contribution in [0.5, 0.6) is 11.5 Å². The Hall–Kier alpha value is -3.07. The minimum atomic E-state index is -1.29. The monoisotopic (exact) mass is 316 g/mol. The van der Waals surface area contributed by atoms with Gasteiger partial charge < -0.3 is 9.47 Å². The van der Waals surface area contributed by atoms with Gasteiger partial charge >= 0.3 is 5.97 Å². The number of benzene rings is 3. The van der Waals surface area contributed by atoms with E-state index in [9.17, 15) is 4.79 Å². The number of rotatable bonds is 3. The van der Waals surface area contributed by atoms with Crippen LogP contribution in [-0.2, 0) is 10.4 Å². The number of fused-ring (bicyclic) bond motifs is 1. The van der Waals surface area contributed by atoms with E-state index in [1.54, 1.807) is 6.07 Å². The van der Waals surface area contributed by atoms with Crippen LogP contribution in [0.3, 0.4) is 0 Å². The minimum absolute atomic E-state index is 0.418. The van der Waals surface area contributed by atoms with Crippen LogP contribution >= 0.6 is 0 Å². The molecule has 3 heteroatoms. The van der Waals surface area contributed by atoms with Crippen molar-refractivity contribution in [1.29, 1.82) is 0 Å². The molecule has 24 heavy (non-hydrogen) atoms. The van der Waals surface area contributed by atoms with Crippen molar-refractivity contribution in [3.05, 3.63) is 95.6 Å². The lowest BCUT2D eigenvalue weighted by Gasteiger charge is -2.28. The van der Waals surface area contributed by atoms with Gasteiger partial charge in [0.1, 0.15) is 11.5 Å². The molecular formula is C21H16O3. The van der Waals surface area contributed by atoms with Crippen LogP contribution in [0.4, 0.5) is 0 Å². The molecule has 1 atom stereocenters. The highest BCUT2D eigenvalue weighted by molar-refractivity contribution is 5.93. The van der Waals surface area contributed by atoms with Crippen molar-refractivity contribution in [1.82, 2.24) is 0 Å². The topological polar surface area (TPSA) is 35.5 Å². The van der Waals surface area contributed by atoms with Gasteiger partial charge in [0.2, 0.25) is 0 Å². The summed E-state index contributed by atoms with van der Waals surface area (Å²) in [5, 5.41) is 0. The van der Waals surface area contributed by atoms with E-state index in [0.717, 1.165) is 16.7 Å². The second-order valence-corrected chi connectivity index (χ2v) is 5.80. The quantitative estimate of drug-likeness (QED) is 0.535. The van der Waals surface area contributed by atoms with E-state index in [1.807, 2.05) is 79.7 Å². The molecule has 1 unspecified atom stereocenters. The van der Waals surface area contributed by atoms with Gasteiger partial charge in [0.25, 0.3) is 5.60 Å². The van der Waals surface area contributed by atoms with Gasteiger partial charge in [-0.1, -0.05) is 66.7 Å². The molecule has 3 nitrogen and oxygen atoms in total. The van der Waals surface area contributed by atoms with Gasteiger partial charge in [-0.2, -0.15) is 0 Å². The summed E-state index contributed by atoms with van der Waals surface area (Å²) >= 11 is 0. The molecule has 1 aliphatic rings. The number of aryl methyl sites for hydroxylation is 1. The summed E-state index contributed by atoms with van der Waals surface area (Å²) in [7, 11) is 0. The van der Waals surface area contributed by atoms with Crippen LogP contribution in [0.15, 0.2) is 78.9 Å². The molecule has 118 valence electrons. The predicted molar refractivity (Wildman–Crippen MR) is 91.1 cm³/mol. The van der Waals surface area contributed by atoms with Crippen molar-refractivity contribution in [3.8, 4) is 11.5 Å². The lowest BCUT2D eigenvalue weighted by molar-refractivity contribution is -0.145. The van der Waals surface area contributed by atoms with Gasteiger partial charge in [-0.05, 0) is 24.6 Å². The van der Waals surface area contributed by atoms with Crippen LogP contribution < -0.4 is 9.47 Å². The summed E-state index contributed by atoms with van der Waals surface area (Å²) in [4.78, 5) is 12.9. The molecule has 0 saturated carbocycles. The molecule has 0 aliphatic carbocycles. The second kappa shape index (κ2) is 5.53. The maximum absolute atomic E-state index is 12.9. The van der Waals surface area contributed by atoms with Gasteiger partial charge in [0.05, 0.1) is 5.56 Å². The predicted octanol–water partition coefficient (Wildman–Crippen LogP) is 4.24. The average molecular weight is 316 g/mol.